The van der Waals surface area contributed by atoms with E-state index < -0.39 is 17.6 Å². The van der Waals surface area contributed by atoms with Crippen LogP contribution < -0.4 is 15.0 Å². The van der Waals surface area contributed by atoms with Crippen LogP contribution in [0.1, 0.15) is 52.5 Å². The number of amides is 1. The number of hydrogen-bond donors (Lipinski definition) is 1. The van der Waals surface area contributed by atoms with Crippen molar-refractivity contribution < 1.29 is 27.8 Å². The molecule has 200 valence electrons. The average molecular weight is 523 g/mol. The molecule has 1 N–H and O–H groups in total. The summed E-state index contributed by atoms with van der Waals surface area (Å²) in [5.41, 5.74) is 2.82. The largest absolute Gasteiger partial charge is 0.497 e. The van der Waals surface area contributed by atoms with Gasteiger partial charge in [0.05, 0.1) is 24.8 Å². The summed E-state index contributed by atoms with van der Waals surface area (Å²) in [7, 11) is 1.59. The van der Waals surface area contributed by atoms with Crippen molar-refractivity contribution in [2.45, 2.75) is 32.6 Å². The molecule has 3 aromatic carbocycles. The normalized spacial score (nSPS) is 16.2. The number of methoxy groups -OCH3 is 1. The van der Waals surface area contributed by atoms with E-state index in [1.165, 1.54) is 6.07 Å². The van der Waals surface area contributed by atoms with Gasteiger partial charge in [-0.3, -0.25) is 4.79 Å². The summed E-state index contributed by atoms with van der Waals surface area (Å²) in [6.45, 7) is 3.01. The Kier molecular flexibility index (Phi) is 8.94. The van der Waals surface area contributed by atoms with Gasteiger partial charge in [0.15, 0.2) is 11.6 Å². The molecule has 38 heavy (non-hydrogen) atoms. The molecule has 0 saturated heterocycles. The number of carbonyl (C=O) groups excluding carboxylic acids is 2. The molecule has 0 saturated carbocycles. The number of carbonyl (C=O) groups is 2. The Morgan fingerprint density at radius 3 is 2.53 bits per heavy atom. The maximum absolute atomic E-state index is 13.8. The van der Waals surface area contributed by atoms with Crippen molar-refractivity contribution in [1.29, 1.82) is 0 Å². The molecule has 0 radical (unpaired) electrons. The van der Waals surface area contributed by atoms with Crippen LogP contribution in [0.2, 0.25) is 0 Å². The van der Waals surface area contributed by atoms with E-state index in [4.69, 9.17) is 9.47 Å². The molecule has 0 aromatic heterocycles. The number of hydrogen-bond acceptors (Lipinski definition) is 5. The second-order valence-corrected chi connectivity index (χ2v) is 9.31. The lowest BCUT2D eigenvalue weighted by Gasteiger charge is -2.25. The van der Waals surface area contributed by atoms with Gasteiger partial charge in [-0.25, -0.2) is 13.6 Å². The Morgan fingerprint density at radius 1 is 1.03 bits per heavy atom. The molecule has 1 unspecified atom stereocenters. The second kappa shape index (κ2) is 12.5. The lowest BCUT2D eigenvalue weighted by atomic mass is 9.91. The molecule has 0 aliphatic carbocycles. The van der Waals surface area contributed by atoms with Gasteiger partial charge in [-0.05, 0) is 98.7 Å². The zero-order valence-electron chi connectivity index (χ0n) is 21.6. The summed E-state index contributed by atoms with van der Waals surface area (Å²) in [5, 5.41) is 3.35. The molecule has 0 bridgehead atoms. The number of benzene rings is 3. The summed E-state index contributed by atoms with van der Waals surface area (Å²) in [6.07, 6.45) is 2.86. The highest BCUT2D eigenvalue weighted by molar-refractivity contribution is 6.10. The Hall–Kier alpha value is -3.94. The van der Waals surface area contributed by atoms with Crippen LogP contribution in [0, 0.1) is 17.6 Å². The van der Waals surface area contributed by atoms with Crippen molar-refractivity contribution in [1.82, 2.24) is 0 Å². The highest BCUT2D eigenvalue weighted by Crippen LogP contribution is 2.28. The molecule has 1 aliphatic rings. The van der Waals surface area contributed by atoms with E-state index in [-0.39, 0.29) is 18.4 Å². The van der Waals surface area contributed by atoms with Crippen molar-refractivity contribution in [3.05, 3.63) is 89.0 Å². The van der Waals surface area contributed by atoms with E-state index >= 15 is 0 Å². The average Bonchev–Trinajstić information content (AvgIpc) is 2.95. The van der Waals surface area contributed by atoms with Crippen molar-refractivity contribution >= 4 is 23.3 Å². The zero-order chi connectivity index (χ0) is 27.1. The first-order chi connectivity index (χ1) is 18.4. The minimum Gasteiger partial charge on any atom is -0.497 e. The zero-order valence-corrected chi connectivity index (χ0v) is 21.6. The van der Waals surface area contributed by atoms with E-state index in [0.717, 1.165) is 36.6 Å². The first-order valence-electron chi connectivity index (χ1n) is 12.8. The topological polar surface area (TPSA) is 67.9 Å². The standard InChI is InChI=1S/C30H32F2N2O4/c1-3-38-30(36)22-7-12-25-28(19-22)33-15-14-20(17-21-6-13-26(31)27(32)18-21)5-4-16-34(29(25)35)23-8-10-24(37-2)11-9-23/h6-13,18-20,33H,3-5,14-17H2,1-2H3. The fraction of sp³-hybridized carbons (Fsp3) is 0.333. The SMILES string of the molecule is CCOC(=O)c1ccc2c(c1)NCCC(Cc1ccc(F)c(F)c1)CCCN(c1ccc(OC)cc1)C2=O. The third-order valence-electron chi connectivity index (χ3n) is 6.76. The van der Waals surface area contributed by atoms with E-state index in [1.807, 2.05) is 24.3 Å². The molecular formula is C30H32F2N2O4. The third-order valence-corrected chi connectivity index (χ3v) is 6.76. The predicted octanol–water partition coefficient (Wildman–Crippen LogP) is 6.25. The van der Waals surface area contributed by atoms with Crippen LogP contribution in [0.4, 0.5) is 20.2 Å². The lowest BCUT2D eigenvalue weighted by Crippen LogP contribution is -2.32. The lowest BCUT2D eigenvalue weighted by molar-refractivity contribution is 0.0526. The Morgan fingerprint density at radius 2 is 1.82 bits per heavy atom. The number of fused-ring (bicyclic) bond motifs is 1. The van der Waals surface area contributed by atoms with Gasteiger partial charge in [0.25, 0.3) is 5.91 Å². The van der Waals surface area contributed by atoms with Gasteiger partial charge in [0.2, 0.25) is 0 Å². The quantitative estimate of drug-likeness (QED) is 0.388. The molecule has 1 amide bonds. The number of esters is 1. The highest BCUT2D eigenvalue weighted by atomic mass is 19.2. The van der Waals surface area contributed by atoms with Crippen LogP contribution in [0.15, 0.2) is 60.7 Å². The summed E-state index contributed by atoms with van der Waals surface area (Å²) in [6, 6.07) is 16.2. The molecule has 0 fully saturated rings. The van der Waals surface area contributed by atoms with E-state index in [0.29, 0.717) is 42.1 Å². The second-order valence-electron chi connectivity index (χ2n) is 9.31. The van der Waals surface area contributed by atoms with Crippen molar-refractivity contribution in [2.75, 3.05) is 37.0 Å². The first-order valence-corrected chi connectivity index (χ1v) is 12.8. The van der Waals surface area contributed by atoms with Gasteiger partial charge < -0.3 is 19.7 Å². The van der Waals surface area contributed by atoms with Crippen molar-refractivity contribution in [3.8, 4) is 5.75 Å². The summed E-state index contributed by atoms with van der Waals surface area (Å²) < 4.78 is 37.7. The maximum atomic E-state index is 13.8. The van der Waals surface area contributed by atoms with E-state index in [9.17, 15) is 18.4 Å². The van der Waals surface area contributed by atoms with Crippen molar-refractivity contribution in [2.24, 2.45) is 5.92 Å². The minimum atomic E-state index is -0.861. The molecule has 0 spiro atoms. The molecular weight excluding hydrogens is 490 g/mol. The monoisotopic (exact) mass is 522 g/mol. The summed E-state index contributed by atoms with van der Waals surface area (Å²) >= 11 is 0. The van der Waals surface area contributed by atoms with Gasteiger partial charge in [0, 0.05) is 24.5 Å². The Bertz CT molecular complexity index is 1280. The van der Waals surface area contributed by atoms with Crippen LogP contribution in [0.25, 0.3) is 0 Å². The van der Waals surface area contributed by atoms with Crippen LogP contribution in [-0.4, -0.2) is 38.7 Å². The molecule has 6 nitrogen and oxygen atoms in total. The number of nitrogens with zero attached hydrogens (tertiary/aromatic N) is 1. The minimum absolute atomic E-state index is 0.176. The molecule has 1 atom stereocenters. The van der Waals surface area contributed by atoms with Gasteiger partial charge in [-0.1, -0.05) is 6.07 Å². The fourth-order valence-electron chi connectivity index (χ4n) is 4.77. The fourth-order valence-corrected chi connectivity index (χ4v) is 4.77. The third kappa shape index (κ3) is 6.49. The first kappa shape index (κ1) is 27.1. The van der Waals surface area contributed by atoms with Gasteiger partial charge >= 0.3 is 5.97 Å². The maximum Gasteiger partial charge on any atom is 0.338 e. The van der Waals surface area contributed by atoms with Gasteiger partial charge in [-0.2, -0.15) is 0 Å². The smallest absolute Gasteiger partial charge is 0.338 e. The Labute approximate surface area is 221 Å². The van der Waals surface area contributed by atoms with E-state index in [1.54, 1.807) is 43.2 Å². The number of nitrogens with one attached hydrogen (secondary N) is 1. The summed E-state index contributed by atoms with van der Waals surface area (Å²) in [5.74, 6) is -1.49. The number of halogens is 2. The predicted molar refractivity (Wildman–Crippen MR) is 143 cm³/mol. The summed E-state index contributed by atoms with van der Waals surface area (Å²) in [4.78, 5) is 27.9. The van der Waals surface area contributed by atoms with Crippen LogP contribution >= 0.6 is 0 Å². The molecule has 4 rings (SSSR count). The van der Waals surface area contributed by atoms with Crippen LogP contribution in [0.5, 0.6) is 5.75 Å². The molecule has 8 heteroatoms. The number of anilines is 2. The van der Waals surface area contributed by atoms with Crippen LogP contribution in [0.3, 0.4) is 0 Å². The number of rotatable bonds is 6. The van der Waals surface area contributed by atoms with Crippen molar-refractivity contribution in [3.63, 3.8) is 0 Å². The molecule has 1 heterocycles. The Balaban J connectivity index is 1.66. The molecule has 3 aromatic rings. The van der Waals surface area contributed by atoms with E-state index in [2.05, 4.69) is 5.32 Å². The van der Waals surface area contributed by atoms with Crippen LogP contribution in [-0.2, 0) is 11.2 Å². The molecule has 1 aliphatic heterocycles. The van der Waals surface area contributed by atoms with Gasteiger partial charge in [-0.15, -0.1) is 0 Å². The highest BCUT2D eigenvalue weighted by Gasteiger charge is 2.24. The van der Waals surface area contributed by atoms with Gasteiger partial charge in [0.1, 0.15) is 5.75 Å². The number of ether oxygens (including phenoxy) is 2.